The minimum atomic E-state index is -0.568. The molecule has 29 heavy (non-hydrogen) atoms. The van der Waals surface area contributed by atoms with Crippen LogP contribution < -0.4 is 0 Å². The standard InChI is InChI=1S/C23H16N2O4/c1-29-23(26)22-20(15-8-3-2-4-9-15)18-12-5-6-13-19(18)21(24-22)16-10-7-11-17(14-16)25(27)28/h2-14H,1H3. The van der Waals surface area contributed by atoms with E-state index in [-0.39, 0.29) is 11.4 Å². The lowest BCUT2D eigenvalue weighted by Gasteiger charge is -2.15. The van der Waals surface area contributed by atoms with E-state index in [9.17, 15) is 14.9 Å². The largest absolute Gasteiger partial charge is 0.464 e. The zero-order chi connectivity index (χ0) is 20.4. The van der Waals surface area contributed by atoms with E-state index < -0.39 is 10.9 Å². The molecule has 142 valence electrons. The minimum absolute atomic E-state index is 0.0415. The Balaban J connectivity index is 2.10. The fourth-order valence-electron chi connectivity index (χ4n) is 3.39. The van der Waals surface area contributed by atoms with Crippen molar-refractivity contribution in [1.82, 2.24) is 4.98 Å². The van der Waals surface area contributed by atoms with Crippen molar-refractivity contribution in [2.75, 3.05) is 7.11 Å². The Hall–Kier alpha value is -4.06. The van der Waals surface area contributed by atoms with Crippen molar-refractivity contribution in [3.8, 4) is 22.4 Å². The van der Waals surface area contributed by atoms with Crippen LogP contribution in [0.3, 0.4) is 0 Å². The maximum absolute atomic E-state index is 12.6. The Morgan fingerprint density at radius 1 is 0.897 bits per heavy atom. The predicted octanol–water partition coefficient (Wildman–Crippen LogP) is 5.26. The number of rotatable bonds is 4. The summed E-state index contributed by atoms with van der Waals surface area (Å²) in [4.78, 5) is 28.0. The molecule has 0 aliphatic carbocycles. The first-order valence-electron chi connectivity index (χ1n) is 8.91. The lowest BCUT2D eigenvalue weighted by Crippen LogP contribution is -2.08. The first kappa shape index (κ1) is 18.3. The molecular formula is C23H16N2O4. The number of esters is 1. The lowest BCUT2D eigenvalue weighted by molar-refractivity contribution is -0.384. The Labute approximate surface area is 166 Å². The van der Waals surface area contributed by atoms with Crippen molar-refractivity contribution in [2.24, 2.45) is 0 Å². The molecule has 0 saturated heterocycles. The normalized spacial score (nSPS) is 10.7. The molecule has 0 atom stereocenters. The van der Waals surface area contributed by atoms with Crippen molar-refractivity contribution in [3.63, 3.8) is 0 Å². The average Bonchev–Trinajstić information content (AvgIpc) is 2.78. The minimum Gasteiger partial charge on any atom is -0.464 e. The van der Waals surface area contributed by atoms with Gasteiger partial charge in [-0.1, -0.05) is 66.7 Å². The zero-order valence-electron chi connectivity index (χ0n) is 15.5. The van der Waals surface area contributed by atoms with Gasteiger partial charge in [-0.25, -0.2) is 9.78 Å². The number of hydrogen-bond acceptors (Lipinski definition) is 5. The summed E-state index contributed by atoms with van der Waals surface area (Å²) in [6, 6.07) is 23.3. The van der Waals surface area contributed by atoms with Gasteiger partial charge in [0.25, 0.3) is 5.69 Å². The van der Waals surface area contributed by atoms with Crippen LogP contribution in [0, 0.1) is 10.1 Å². The number of ether oxygens (including phenoxy) is 1. The molecule has 1 aromatic heterocycles. The summed E-state index contributed by atoms with van der Waals surface area (Å²) in [5.74, 6) is -0.568. The number of nitro benzene ring substituents is 1. The number of benzene rings is 3. The van der Waals surface area contributed by atoms with E-state index in [4.69, 9.17) is 4.74 Å². The Morgan fingerprint density at radius 2 is 1.55 bits per heavy atom. The number of methoxy groups -OCH3 is 1. The molecule has 0 fully saturated rings. The maximum atomic E-state index is 12.6. The molecule has 0 saturated carbocycles. The number of pyridine rings is 1. The number of aromatic nitrogens is 1. The van der Waals surface area contributed by atoms with Gasteiger partial charge in [0, 0.05) is 28.6 Å². The molecular weight excluding hydrogens is 368 g/mol. The molecule has 6 nitrogen and oxygen atoms in total. The molecule has 0 bridgehead atoms. The molecule has 0 unspecified atom stereocenters. The average molecular weight is 384 g/mol. The van der Waals surface area contributed by atoms with Crippen LogP contribution in [0.25, 0.3) is 33.2 Å². The van der Waals surface area contributed by atoms with Crippen molar-refractivity contribution < 1.29 is 14.5 Å². The third kappa shape index (κ3) is 3.32. The van der Waals surface area contributed by atoms with Gasteiger partial charge in [-0.05, 0) is 10.9 Å². The highest BCUT2D eigenvalue weighted by Gasteiger charge is 2.22. The van der Waals surface area contributed by atoms with Crippen LogP contribution in [0.4, 0.5) is 5.69 Å². The van der Waals surface area contributed by atoms with E-state index in [1.165, 1.54) is 19.2 Å². The number of non-ortho nitro benzene ring substituents is 1. The smallest absolute Gasteiger partial charge is 0.357 e. The second-order valence-electron chi connectivity index (χ2n) is 6.39. The van der Waals surface area contributed by atoms with Crippen LogP contribution in [0.2, 0.25) is 0 Å². The number of carbonyl (C=O) groups is 1. The topological polar surface area (TPSA) is 82.3 Å². The fraction of sp³-hybridized carbons (Fsp3) is 0.0435. The quantitative estimate of drug-likeness (QED) is 0.272. The number of nitro groups is 1. The van der Waals surface area contributed by atoms with Gasteiger partial charge in [0.15, 0.2) is 5.69 Å². The molecule has 4 rings (SSSR count). The summed E-state index contributed by atoms with van der Waals surface area (Å²) in [7, 11) is 1.31. The Kier molecular flexibility index (Phi) is 4.75. The van der Waals surface area contributed by atoms with Crippen molar-refractivity contribution in [2.45, 2.75) is 0 Å². The van der Waals surface area contributed by atoms with Gasteiger partial charge in [-0.3, -0.25) is 10.1 Å². The van der Waals surface area contributed by atoms with Gasteiger partial charge >= 0.3 is 5.97 Å². The van der Waals surface area contributed by atoms with Gasteiger partial charge < -0.3 is 4.74 Å². The van der Waals surface area contributed by atoms with E-state index in [1.54, 1.807) is 12.1 Å². The zero-order valence-corrected chi connectivity index (χ0v) is 15.5. The first-order valence-corrected chi connectivity index (χ1v) is 8.91. The summed E-state index contributed by atoms with van der Waals surface area (Å²) in [6.45, 7) is 0. The fourth-order valence-corrected chi connectivity index (χ4v) is 3.39. The van der Waals surface area contributed by atoms with Crippen LogP contribution in [0.1, 0.15) is 10.5 Å². The van der Waals surface area contributed by atoms with Crippen molar-refractivity contribution >= 4 is 22.4 Å². The molecule has 0 aliphatic rings. The molecule has 0 radical (unpaired) electrons. The molecule has 0 spiro atoms. The van der Waals surface area contributed by atoms with Crippen LogP contribution >= 0.6 is 0 Å². The summed E-state index contributed by atoms with van der Waals surface area (Å²) in [5, 5.41) is 12.8. The van der Waals surface area contributed by atoms with Crippen LogP contribution in [0.15, 0.2) is 78.9 Å². The van der Waals surface area contributed by atoms with E-state index >= 15 is 0 Å². The number of nitrogens with zero attached hydrogens (tertiary/aromatic N) is 2. The molecule has 0 amide bonds. The monoisotopic (exact) mass is 384 g/mol. The van der Waals surface area contributed by atoms with Gasteiger partial charge in [0.1, 0.15) is 0 Å². The molecule has 6 heteroatoms. The molecule has 0 N–H and O–H groups in total. The summed E-state index contributed by atoms with van der Waals surface area (Å²) >= 11 is 0. The SMILES string of the molecule is COC(=O)c1nc(-c2cccc([N+](=O)[O-])c2)c2ccccc2c1-c1ccccc1. The molecule has 3 aromatic carbocycles. The lowest BCUT2D eigenvalue weighted by atomic mass is 9.94. The van der Waals surface area contributed by atoms with Gasteiger partial charge in [0.2, 0.25) is 0 Å². The van der Waals surface area contributed by atoms with Gasteiger partial charge in [-0.15, -0.1) is 0 Å². The second-order valence-corrected chi connectivity index (χ2v) is 6.39. The van der Waals surface area contributed by atoms with E-state index in [0.717, 1.165) is 16.3 Å². The number of carbonyl (C=O) groups excluding carboxylic acids is 1. The third-order valence-corrected chi connectivity index (χ3v) is 4.68. The van der Waals surface area contributed by atoms with E-state index in [1.807, 2.05) is 54.6 Å². The molecule has 0 aliphatic heterocycles. The van der Waals surface area contributed by atoms with Crippen molar-refractivity contribution in [1.29, 1.82) is 0 Å². The highest BCUT2D eigenvalue weighted by Crippen LogP contribution is 2.37. The molecule has 1 heterocycles. The van der Waals surface area contributed by atoms with E-state index in [2.05, 4.69) is 4.98 Å². The Morgan fingerprint density at radius 3 is 2.24 bits per heavy atom. The molecule has 4 aromatic rings. The van der Waals surface area contributed by atoms with Crippen molar-refractivity contribution in [3.05, 3.63) is 94.7 Å². The van der Waals surface area contributed by atoms with E-state index in [0.29, 0.717) is 16.8 Å². The van der Waals surface area contributed by atoms with Crippen LogP contribution in [-0.4, -0.2) is 23.0 Å². The van der Waals surface area contributed by atoms with Gasteiger partial charge in [0.05, 0.1) is 17.7 Å². The van der Waals surface area contributed by atoms with Crippen LogP contribution in [0.5, 0.6) is 0 Å². The highest BCUT2D eigenvalue weighted by molar-refractivity contribution is 6.10. The second kappa shape index (κ2) is 7.52. The summed E-state index contributed by atoms with van der Waals surface area (Å²) in [6.07, 6.45) is 0. The predicted molar refractivity (Wildman–Crippen MR) is 111 cm³/mol. The summed E-state index contributed by atoms with van der Waals surface area (Å²) < 4.78 is 4.99. The number of fused-ring (bicyclic) bond motifs is 1. The third-order valence-electron chi connectivity index (χ3n) is 4.68. The maximum Gasteiger partial charge on any atom is 0.357 e. The van der Waals surface area contributed by atoms with Crippen LogP contribution in [-0.2, 0) is 4.74 Å². The summed E-state index contributed by atoms with van der Waals surface area (Å²) in [5.41, 5.74) is 2.67. The first-order chi connectivity index (χ1) is 14.1. The highest BCUT2D eigenvalue weighted by atomic mass is 16.6. The Bertz CT molecular complexity index is 1240. The number of hydrogen-bond donors (Lipinski definition) is 0. The van der Waals surface area contributed by atoms with Gasteiger partial charge in [-0.2, -0.15) is 0 Å².